The Morgan fingerprint density at radius 1 is 1.43 bits per heavy atom. The minimum absolute atomic E-state index is 0.226. The third-order valence-electron chi connectivity index (χ3n) is 2.82. The minimum atomic E-state index is -0.265. The molecule has 0 aliphatic carbocycles. The summed E-state index contributed by atoms with van der Waals surface area (Å²) in [6.45, 7) is 2.13. The number of carbonyl (C=O) groups is 1. The lowest BCUT2D eigenvalue weighted by molar-refractivity contribution is 0.102. The van der Waals surface area contributed by atoms with E-state index in [1.165, 1.54) is 0 Å². The zero-order valence-corrected chi connectivity index (χ0v) is 12.2. The molecule has 0 atom stereocenters. The molecular weight excluding hydrogens is 286 g/mol. The number of halogens is 1. The van der Waals surface area contributed by atoms with Crippen LogP contribution in [-0.4, -0.2) is 17.4 Å². The fourth-order valence-corrected chi connectivity index (χ4v) is 1.89. The van der Waals surface area contributed by atoms with Crippen LogP contribution in [0.3, 0.4) is 0 Å². The highest BCUT2D eigenvalue weighted by atomic mass is 35.5. The minimum Gasteiger partial charge on any atom is -0.322 e. The summed E-state index contributed by atoms with van der Waals surface area (Å²) in [5, 5.41) is 3.40. The summed E-state index contributed by atoms with van der Waals surface area (Å²) in [7, 11) is 0. The molecule has 0 unspecified atom stereocenters. The summed E-state index contributed by atoms with van der Waals surface area (Å²) in [6, 6.07) is 6.97. The second kappa shape index (κ2) is 6.89. The summed E-state index contributed by atoms with van der Waals surface area (Å²) in [6.07, 6.45) is 3.09. The molecule has 106 valence electrons. The van der Waals surface area contributed by atoms with Gasteiger partial charge >= 0.3 is 0 Å². The van der Waals surface area contributed by atoms with Gasteiger partial charge in [0.05, 0.1) is 17.7 Å². The predicted octanol–water partition coefficient (Wildman–Crippen LogP) is 2.61. The van der Waals surface area contributed by atoms with Crippen LogP contribution in [0.1, 0.15) is 21.5 Å². The molecule has 21 heavy (non-hydrogen) atoms. The number of rotatable bonds is 2. The maximum absolute atomic E-state index is 12.3. The van der Waals surface area contributed by atoms with Crippen molar-refractivity contribution in [1.29, 1.82) is 0 Å². The van der Waals surface area contributed by atoms with Crippen LogP contribution in [0, 0.1) is 18.8 Å². The average molecular weight is 300 g/mol. The highest BCUT2D eigenvalue weighted by Gasteiger charge is 2.11. The van der Waals surface area contributed by atoms with Crippen LogP contribution in [0.4, 0.5) is 5.69 Å². The molecule has 0 fully saturated rings. The van der Waals surface area contributed by atoms with Gasteiger partial charge in [0.25, 0.3) is 5.91 Å². The lowest BCUT2D eigenvalue weighted by atomic mass is 10.1. The molecule has 0 spiro atoms. The molecule has 0 saturated carbocycles. The number of amides is 1. The molecule has 5 heteroatoms. The van der Waals surface area contributed by atoms with Crippen LogP contribution >= 0.6 is 11.6 Å². The number of carbonyl (C=O) groups excluding carboxylic acids is 1. The standard InChI is InChI=1S/C16H14ClN3O/c1-11-4-5-13(9-15(11)17)20-16(21)14-6-8-19-10-12(14)3-2-7-18/h4-6,8-10H,7,18H2,1H3,(H,20,21). The van der Waals surface area contributed by atoms with E-state index in [1.54, 1.807) is 30.6 Å². The first-order valence-corrected chi connectivity index (χ1v) is 6.70. The van der Waals surface area contributed by atoms with Crippen molar-refractivity contribution >= 4 is 23.2 Å². The van der Waals surface area contributed by atoms with E-state index in [9.17, 15) is 4.79 Å². The molecule has 0 aliphatic heterocycles. The van der Waals surface area contributed by atoms with Gasteiger partial charge in [-0.15, -0.1) is 0 Å². The first-order chi connectivity index (χ1) is 10.1. The Hall–Kier alpha value is -2.35. The van der Waals surface area contributed by atoms with Gasteiger partial charge in [0.2, 0.25) is 0 Å². The summed E-state index contributed by atoms with van der Waals surface area (Å²) in [5.41, 5.74) is 7.92. The smallest absolute Gasteiger partial charge is 0.257 e. The van der Waals surface area contributed by atoms with Crippen LogP contribution in [0.2, 0.25) is 5.02 Å². The summed E-state index contributed by atoms with van der Waals surface area (Å²) >= 11 is 6.05. The summed E-state index contributed by atoms with van der Waals surface area (Å²) in [4.78, 5) is 16.3. The molecule has 2 rings (SSSR count). The van der Waals surface area contributed by atoms with Crippen LogP contribution in [-0.2, 0) is 0 Å². The van der Waals surface area contributed by atoms with Crippen molar-refractivity contribution in [3.63, 3.8) is 0 Å². The van der Waals surface area contributed by atoms with Crippen molar-refractivity contribution < 1.29 is 4.79 Å². The van der Waals surface area contributed by atoms with Gasteiger partial charge in [0.1, 0.15) is 0 Å². The van der Waals surface area contributed by atoms with E-state index in [1.807, 2.05) is 13.0 Å². The third-order valence-corrected chi connectivity index (χ3v) is 3.23. The van der Waals surface area contributed by atoms with Crippen molar-refractivity contribution in [1.82, 2.24) is 4.98 Å². The molecule has 1 heterocycles. The monoisotopic (exact) mass is 299 g/mol. The molecule has 0 saturated heterocycles. The molecule has 0 aliphatic rings. The number of hydrogen-bond acceptors (Lipinski definition) is 3. The number of anilines is 1. The van der Waals surface area contributed by atoms with E-state index in [0.29, 0.717) is 21.8 Å². The van der Waals surface area contributed by atoms with E-state index >= 15 is 0 Å². The molecule has 4 nitrogen and oxygen atoms in total. The Labute approximate surface area is 128 Å². The molecule has 1 aromatic heterocycles. The number of aromatic nitrogens is 1. The molecule has 3 N–H and O–H groups in total. The number of nitrogens with two attached hydrogens (primary N) is 1. The number of hydrogen-bond donors (Lipinski definition) is 2. The summed E-state index contributed by atoms with van der Waals surface area (Å²) < 4.78 is 0. The number of nitrogens with one attached hydrogen (secondary N) is 1. The molecule has 1 aromatic carbocycles. The van der Waals surface area contributed by atoms with Crippen molar-refractivity contribution in [2.45, 2.75) is 6.92 Å². The Morgan fingerprint density at radius 2 is 2.24 bits per heavy atom. The molecule has 0 bridgehead atoms. The zero-order valence-electron chi connectivity index (χ0n) is 11.5. The topological polar surface area (TPSA) is 68.0 Å². The molecule has 0 radical (unpaired) electrons. The van der Waals surface area contributed by atoms with Crippen LogP contribution in [0.15, 0.2) is 36.7 Å². The Balaban J connectivity index is 2.26. The quantitative estimate of drug-likeness (QED) is 0.838. The highest BCUT2D eigenvalue weighted by Crippen LogP contribution is 2.20. The van der Waals surface area contributed by atoms with Gasteiger partial charge in [-0.25, -0.2) is 0 Å². The van der Waals surface area contributed by atoms with Gasteiger partial charge in [0, 0.05) is 23.1 Å². The predicted molar refractivity (Wildman–Crippen MR) is 84.3 cm³/mol. The van der Waals surface area contributed by atoms with Gasteiger partial charge < -0.3 is 11.1 Å². The SMILES string of the molecule is Cc1ccc(NC(=O)c2ccncc2C#CCN)cc1Cl. The maximum Gasteiger partial charge on any atom is 0.257 e. The van der Waals surface area contributed by atoms with E-state index in [4.69, 9.17) is 17.3 Å². The van der Waals surface area contributed by atoms with Crippen LogP contribution in [0.5, 0.6) is 0 Å². The number of pyridine rings is 1. The molecule has 2 aromatic rings. The van der Waals surface area contributed by atoms with Crippen molar-refractivity contribution in [2.75, 3.05) is 11.9 Å². The van der Waals surface area contributed by atoms with E-state index in [2.05, 4.69) is 22.1 Å². The lowest BCUT2D eigenvalue weighted by Gasteiger charge is -2.08. The number of aryl methyl sites for hydroxylation is 1. The second-order valence-electron chi connectivity index (χ2n) is 4.35. The fourth-order valence-electron chi connectivity index (χ4n) is 1.71. The number of benzene rings is 1. The highest BCUT2D eigenvalue weighted by molar-refractivity contribution is 6.31. The molecule has 1 amide bonds. The summed E-state index contributed by atoms with van der Waals surface area (Å²) in [5.74, 6) is 5.29. The van der Waals surface area contributed by atoms with Crippen molar-refractivity contribution in [2.24, 2.45) is 5.73 Å². The first kappa shape index (κ1) is 15.0. The first-order valence-electron chi connectivity index (χ1n) is 6.32. The number of nitrogens with zero attached hydrogens (tertiary/aromatic N) is 1. The van der Waals surface area contributed by atoms with E-state index < -0.39 is 0 Å². The van der Waals surface area contributed by atoms with Crippen molar-refractivity contribution in [3.8, 4) is 11.8 Å². The fraction of sp³-hybridized carbons (Fsp3) is 0.125. The second-order valence-corrected chi connectivity index (χ2v) is 4.75. The normalized spacial score (nSPS) is 9.67. The maximum atomic E-state index is 12.3. The Kier molecular flexibility index (Phi) is 4.94. The third kappa shape index (κ3) is 3.82. The molecular formula is C16H14ClN3O. The van der Waals surface area contributed by atoms with Gasteiger partial charge in [-0.1, -0.05) is 29.5 Å². The lowest BCUT2D eigenvalue weighted by Crippen LogP contribution is -2.13. The van der Waals surface area contributed by atoms with Gasteiger partial charge in [-0.3, -0.25) is 9.78 Å². The largest absolute Gasteiger partial charge is 0.322 e. The van der Waals surface area contributed by atoms with Gasteiger partial charge in [0.15, 0.2) is 0 Å². The van der Waals surface area contributed by atoms with Gasteiger partial charge in [-0.2, -0.15) is 0 Å². The van der Waals surface area contributed by atoms with Crippen LogP contribution < -0.4 is 11.1 Å². The van der Waals surface area contributed by atoms with Crippen molar-refractivity contribution in [3.05, 3.63) is 58.4 Å². The Bertz CT molecular complexity index is 732. The Morgan fingerprint density at radius 3 is 2.95 bits per heavy atom. The average Bonchev–Trinajstić information content (AvgIpc) is 2.49. The van der Waals surface area contributed by atoms with E-state index in [0.717, 1.165) is 5.56 Å². The van der Waals surface area contributed by atoms with Crippen LogP contribution in [0.25, 0.3) is 0 Å². The van der Waals surface area contributed by atoms with E-state index in [-0.39, 0.29) is 12.5 Å². The zero-order chi connectivity index (χ0) is 15.2. The van der Waals surface area contributed by atoms with Gasteiger partial charge in [-0.05, 0) is 30.7 Å².